The summed E-state index contributed by atoms with van der Waals surface area (Å²) in [6.45, 7) is 3.53. The molecule has 0 radical (unpaired) electrons. The highest BCUT2D eigenvalue weighted by atomic mass is 35.5. The van der Waals surface area contributed by atoms with Gasteiger partial charge in [0.1, 0.15) is 28.6 Å². The molecule has 2 heterocycles. The zero-order valence-electron chi connectivity index (χ0n) is 14.2. The summed E-state index contributed by atoms with van der Waals surface area (Å²) in [6.07, 6.45) is 0. The van der Waals surface area contributed by atoms with Gasteiger partial charge in [0.2, 0.25) is 0 Å². The van der Waals surface area contributed by atoms with Crippen LogP contribution in [-0.4, -0.2) is 21.0 Å². The third-order valence-electron chi connectivity index (χ3n) is 4.40. The third-order valence-corrected chi connectivity index (χ3v) is 4.94. The Hall–Kier alpha value is -2.57. The highest BCUT2D eigenvalue weighted by Gasteiger charge is 2.39. The molecule has 0 unspecified atom stereocenters. The lowest BCUT2D eigenvalue weighted by Gasteiger charge is -2.32. The van der Waals surface area contributed by atoms with E-state index < -0.39 is 17.4 Å². The van der Waals surface area contributed by atoms with Crippen molar-refractivity contribution in [3.8, 4) is 28.4 Å². The molecule has 0 atom stereocenters. The second kappa shape index (κ2) is 5.97. The highest BCUT2D eigenvalue weighted by Crippen LogP contribution is 2.48. The molecule has 5 nitrogen and oxygen atoms in total. The minimum atomic E-state index is -1.17. The molecule has 0 saturated carbocycles. The fraction of sp³-hybridized carbons (Fsp3) is 0.158. The first kappa shape index (κ1) is 17.8. The van der Waals surface area contributed by atoms with Crippen LogP contribution in [-0.2, 0) is 5.60 Å². The Morgan fingerprint density at radius 2 is 2.04 bits per heavy atom. The minimum Gasteiger partial charge on any atom is -0.480 e. The molecule has 1 aromatic heterocycles. The monoisotopic (exact) mass is 406 g/mol. The Morgan fingerprint density at radius 3 is 2.70 bits per heavy atom. The Balaban J connectivity index is 2.02. The Bertz CT molecular complexity index is 1090. The maximum absolute atomic E-state index is 14.3. The van der Waals surface area contributed by atoms with Gasteiger partial charge >= 0.3 is 5.97 Å². The van der Waals surface area contributed by atoms with Gasteiger partial charge in [0.15, 0.2) is 0 Å². The van der Waals surface area contributed by atoms with Crippen LogP contribution in [0.5, 0.6) is 5.75 Å². The van der Waals surface area contributed by atoms with Crippen LogP contribution in [0.4, 0.5) is 4.39 Å². The maximum atomic E-state index is 14.3. The number of aromatic carboxylic acids is 1. The van der Waals surface area contributed by atoms with Crippen molar-refractivity contribution in [2.24, 2.45) is 0 Å². The summed E-state index contributed by atoms with van der Waals surface area (Å²) in [4.78, 5) is 19.2. The molecule has 138 valence electrons. The highest BCUT2D eigenvalue weighted by molar-refractivity contribution is 6.33. The van der Waals surface area contributed by atoms with E-state index in [4.69, 9.17) is 27.9 Å². The number of rotatable bonds is 2. The lowest BCUT2D eigenvalue weighted by atomic mass is 9.93. The number of ether oxygens (including phenoxy) is 1. The van der Waals surface area contributed by atoms with E-state index in [9.17, 15) is 14.3 Å². The molecule has 0 amide bonds. The summed E-state index contributed by atoms with van der Waals surface area (Å²) in [5.74, 6) is -1.29. The van der Waals surface area contributed by atoms with Gasteiger partial charge in [-0.15, -0.1) is 0 Å². The summed E-state index contributed by atoms with van der Waals surface area (Å²) in [5, 5.41) is 9.94. The number of nitrogens with zero attached hydrogens (tertiary/aromatic N) is 1. The number of carbonyl (C=O) groups is 1. The normalized spacial score (nSPS) is 14.3. The van der Waals surface area contributed by atoms with Gasteiger partial charge in [-0.05, 0) is 38.1 Å². The average molecular weight is 407 g/mol. The SMILES string of the molecule is CC1(C)Oc2c(C(=O)O)cc(Cl)cc2-c2nc(-c3c(F)cccc3Cl)[nH]c21. The van der Waals surface area contributed by atoms with Gasteiger partial charge in [-0.25, -0.2) is 14.2 Å². The number of H-pyrrole nitrogens is 1. The van der Waals surface area contributed by atoms with Gasteiger partial charge in [-0.2, -0.15) is 0 Å². The number of hydrogen-bond acceptors (Lipinski definition) is 3. The number of aromatic amines is 1. The Kier molecular flexibility index (Phi) is 3.94. The molecule has 0 aliphatic carbocycles. The molecule has 8 heteroatoms. The van der Waals surface area contributed by atoms with E-state index in [-0.39, 0.29) is 32.7 Å². The van der Waals surface area contributed by atoms with Gasteiger partial charge in [0, 0.05) is 10.6 Å². The lowest BCUT2D eigenvalue weighted by Crippen LogP contribution is -2.30. The fourth-order valence-electron chi connectivity index (χ4n) is 3.19. The van der Waals surface area contributed by atoms with Crippen molar-refractivity contribution in [3.63, 3.8) is 0 Å². The van der Waals surface area contributed by atoms with Crippen molar-refractivity contribution in [3.05, 3.63) is 57.5 Å². The van der Waals surface area contributed by atoms with Crippen LogP contribution >= 0.6 is 23.2 Å². The standard InChI is InChI=1S/C19H13Cl2FN2O3/c1-19(2)16-14(9-6-8(20)7-10(18(25)26)15(9)27-19)23-17(24-16)13-11(21)4-3-5-12(13)22/h3-7H,1-2H3,(H,23,24)(H,25,26). The van der Waals surface area contributed by atoms with Crippen LogP contribution < -0.4 is 4.74 Å². The summed E-state index contributed by atoms with van der Waals surface area (Å²) in [7, 11) is 0. The maximum Gasteiger partial charge on any atom is 0.339 e. The number of carboxylic acid groups (broad SMARTS) is 1. The first-order valence-corrected chi connectivity index (χ1v) is 8.75. The summed E-state index contributed by atoms with van der Waals surface area (Å²) in [6, 6.07) is 7.26. The zero-order chi connectivity index (χ0) is 19.5. The minimum absolute atomic E-state index is 0.0651. The molecular weight excluding hydrogens is 394 g/mol. The topological polar surface area (TPSA) is 75.2 Å². The molecule has 3 aromatic rings. The van der Waals surface area contributed by atoms with Crippen LogP contribution in [0.15, 0.2) is 30.3 Å². The summed E-state index contributed by atoms with van der Waals surface area (Å²) < 4.78 is 20.3. The molecule has 0 bridgehead atoms. The smallest absolute Gasteiger partial charge is 0.339 e. The van der Waals surface area contributed by atoms with Gasteiger partial charge in [-0.1, -0.05) is 29.3 Å². The number of fused-ring (bicyclic) bond motifs is 3. The number of imidazole rings is 1. The number of halogens is 3. The molecular formula is C19H13Cl2FN2O3. The van der Waals surface area contributed by atoms with E-state index in [1.54, 1.807) is 26.0 Å². The van der Waals surface area contributed by atoms with Crippen LogP contribution in [0.2, 0.25) is 10.0 Å². The van der Waals surface area contributed by atoms with E-state index in [2.05, 4.69) is 9.97 Å². The van der Waals surface area contributed by atoms with E-state index in [1.165, 1.54) is 18.2 Å². The molecule has 1 aliphatic rings. The fourth-order valence-corrected chi connectivity index (χ4v) is 3.66. The molecule has 2 aromatic carbocycles. The van der Waals surface area contributed by atoms with Gasteiger partial charge in [0.05, 0.1) is 22.0 Å². The average Bonchev–Trinajstić information content (AvgIpc) is 3.01. The van der Waals surface area contributed by atoms with E-state index in [0.717, 1.165) is 0 Å². The number of benzene rings is 2. The second-order valence-corrected chi connectivity index (χ2v) is 7.50. The quantitative estimate of drug-likeness (QED) is 0.587. The first-order chi connectivity index (χ1) is 12.7. The number of aromatic nitrogens is 2. The van der Waals surface area contributed by atoms with Crippen LogP contribution in [0.1, 0.15) is 29.9 Å². The van der Waals surface area contributed by atoms with Crippen molar-refractivity contribution in [1.82, 2.24) is 9.97 Å². The number of hydrogen-bond donors (Lipinski definition) is 2. The lowest BCUT2D eigenvalue weighted by molar-refractivity contribution is 0.0667. The van der Waals surface area contributed by atoms with Crippen molar-refractivity contribution in [2.45, 2.75) is 19.4 Å². The first-order valence-electron chi connectivity index (χ1n) is 8.00. The van der Waals surface area contributed by atoms with Gasteiger partial charge in [-0.3, -0.25) is 0 Å². The van der Waals surface area contributed by atoms with Crippen LogP contribution in [0.3, 0.4) is 0 Å². The molecule has 1 aliphatic heterocycles. The predicted octanol–water partition coefficient (Wildman–Crippen LogP) is 5.52. The molecule has 0 fully saturated rings. The molecule has 0 spiro atoms. The summed E-state index contributed by atoms with van der Waals surface area (Å²) in [5.41, 5.74) is 0.576. The third kappa shape index (κ3) is 2.76. The molecule has 27 heavy (non-hydrogen) atoms. The van der Waals surface area contributed by atoms with Crippen molar-refractivity contribution >= 4 is 29.2 Å². The van der Waals surface area contributed by atoms with Gasteiger partial charge in [0.25, 0.3) is 0 Å². The molecule has 0 saturated heterocycles. The van der Waals surface area contributed by atoms with Gasteiger partial charge < -0.3 is 14.8 Å². The largest absolute Gasteiger partial charge is 0.480 e. The van der Waals surface area contributed by atoms with Crippen LogP contribution in [0, 0.1) is 5.82 Å². The van der Waals surface area contributed by atoms with E-state index in [0.29, 0.717) is 17.0 Å². The van der Waals surface area contributed by atoms with E-state index >= 15 is 0 Å². The van der Waals surface area contributed by atoms with Crippen molar-refractivity contribution in [2.75, 3.05) is 0 Å². The van der Waals surface area contributed by atoms with Crippen molar-refractivity contribution in [1.29, 1.82) is 0 Å². The summed E-state index contributed by atoms with van der Waals surface area (Å²) >= 11 is 12.3. The predicted molar refractivity (Wildman–Crippen MR) is 100 cm³/mol. The second-order valence-electron chi connectivity index (χ2n) is 6.65. The van der Waals surface area contributed by atoms with Crippen molar-refractivity contribution < 1.29 is 19.0 Å². The van der Waals surface area contributed by atoms with Crippen LogP contribution in [0.25, 0.3) is 22.6 Å². The number of nitrogens with one attached hydrogen (secondary N) is 1. The molecule has 2 N–H and O–H groups in total. The Morgan fingerprint density at radius 1 is 1.30 bits per heavy atom. The molecule has 4 rings (SSSR count). The zero-order valence-corrected chi connectivity index (χ0v) is 15.7. The number of carboxylic acids is 1. The Labute approximate surface area is 163 Å². The van der Waals surface area contributed by atoms with E-state index in [1.807, 2.05) is 0 Å².